The summed E-state index contributed by atoms with van der Waals surface area (Å²) in [5.74, 6) is -2.59. The topological polar surface area (TPSA) is 38.3 Å². The van der Waals surface area contributed by atoms with Crippen molar-refractivity contribution in [1.29, 1.82) is 0 Å². The number of amides is 1. The number of rotatable bonds is 6. The van der Waals surface area contributed by atoms with Crippen LogP contribution in [0.15, 0.2) is 16.6 Å². The molecule has 0 bridgehead atoms. The Bertz CT molecular complexity index is 428. The quantitative estimate of drug-likeness (QED) is 0.744. The van der Waals surface area contributed by atoms with Gasteiger partial charge in [0.15, 0.2) is 0 Å². The molecule has 0 saturated heterocycles. The van der Waals surface area contributed by atoms with E-state index in [1.807, 2.05) is 0 Å². The Hall–Kier alpha value is -0.530. The maximum Gasteiger partial charge on any atom is 0.257 e. The molecular formula is C12H13Br2F2NO2. The lowest BCUT2D eigenvalue weighted by atomic mass is 10.1. The number of nitrogens with one attached hydrogen (secondary N) is 1. The maximum absolute atomic E-state index is 13.6. The van der Waals surface area contributed by atoms with E-state index in [0.717, 1.165) is 12.1 Å². The number of halogens is 4. The minimum Gasteiger partial charge on any atom is -0.383 e. The molecule has 0 aliphatic heterocycles. The molecule has 1 aromatic rings. The molecule has 0 aromatic heterocycles. The smallest absolute Gasteiger partial charge is 0.257 e. The van der Waals surface area contributed by atoms with Gasteiger partial charge in [0, 0.05) is 16.9 Å². The van der Waals surface area contributed by atoms with Crippen LogP contribution in [-0.4, -0.2) is 31.0 Å². The van der Waals surface area contributed by atoms with Crippen LogP contribution in [0.25, 0.3) is 0 Å². The fraction of sp³-hybridized carbons (Fsp3) is 0.417. The van der Waals surface area contributed by atoms with E-state index in [4.69, 9.17) is 4.74 Å². The molecule has 106 valence electrons. The Labute approximate surface area is 127 Å². The van der Waals surface area contributed by atoms with Gasteiger partial charge in [0.1, 0.15) is 17.2 Å². The average Bonchev–Trinajstić information content (AvgIpc) is 2.27. The summed E-state index contributed by atoms with van der Waals surface area (Å²) in [4.78, 5) is 11.9. The van der Waals surface area contributed by atoms with E-state index < -0.39 is 23.1 Å². The molecule has 0 radical (unpaired) electrons. The van der Waals surface area contributed by atoms with Crippen LogP contribution in [0.3, 0.4) is 0 Å². The fourth-order valence-corrected chi connectivity index (χ4v) is 2.50. The summed E-state index contributed by atoms with van der Waals surface area (Å²) in [6, 6.07) is 1.79. The standard InChI is InChI=1S/C12H13Br2F2NO2/c1-19-6-8(2-3-13)17-12(18)11-9(15)4-7(14)5-10(11)16/h4-5,8H,2-3,6H2,1H3,(H,17,18). The van der Waals surface area contributed by atoms with Crippen LogP contribution in [0, 0.1) is 11.6 Å². The minimum absolute atomic E-state index is 0.243. The highest BCUT2D eigenvalue weighted by Crippen LogP contribution is 2.19. The van der Waals surface area contributed by atoms with Crippen molar-refractivity contribution in [2.45, 2.75) is 12.5 Å². The van der Waals surface area contributed by atoms with Gasteiger partial charge in [-0.3, -0.25) is 4.79 Å². The lowest BCUT2D eigenvalue weighted by molar-refractivity contribution is 0.0887. The zero-order valence-electron chi connectivity index (χ0n) is 10.2. The van der Waals surface area contributed by atoms with Crippen LogP contribution in [0.5, 0.6) is 0 Å². The number of carbonyl (C=O) groups is 1. The summed E-state index contributed by atoms with van der Waals surface area (Å²) in [6.07, 6.45) is 0.597. The predicted octanol–water partition coefficient (Wildman–Crippen LogP) is 3.26. The number of hydrogen-bond acceptors (Lipinski definition) is 2. The summed E-state index contributed by atoms with van der Waals surface area (Å²) >= 11 is 6.20. The summed E-state index contributed by atoms with van der Waals surface area (Å²) in [6.45, 7) is 0.275. The molecule has 1 amide bonds. The molecule has 0 heterocycles. The normalized spacial score (nSPS) is 12.3. The highest BCUT2D eigenvalue weighted by molar-refractivity contribution is 9.10. The first-order valence-electron chi connectivity index (χ1n) is 5.50. The molecule has 1 rings (SSSR count). The highest BCUT2D eigenvalue weighted by atomic mass is 79.9. The third kappa shape index (κ3) is 4.81. The average molecular weight is 401 g/mol. The van der Waals surface area contributed by atoms with Crippen LogP contribution in [0.1, 0.15) is 16.8 Å². The van der Waals surface area contributed by atoms with E-state index in [0.29, 0.717) is 11.8 Å². The molecular weight excluding hydrogens is 388 g/mol. The SMILES string of the molecule is COCC(CCBr)NC(=O)c1c(F)cc(Br)cc1F. The lowest BCUT2D eigenvalue weighted by Gasteiger charge is -2.17. The Morgan fingerprint density at radius 3 is 2.47 bits per heavy atom. The Kier molecular flexibility index (Phi) is 6.88. The fourth-order valence-electron chi connectivity index (χ4n) is 1.55. The number of alkyl halides is 1. The monoisotopic (exact) mass is 399 g/mol. The molecule has 0 spiro atoms. The number of benzene rings is 1. The van der Waals surface area contributed by atoms with Gasteiger partial charge in [0.05, 0.1) is 12.6 Å². The van der Waals surface area contributed by atoms with E-state index in [9.17, 15) is 13.6 Å². The zero-order valence-corrected chi connectivity index (χ0v) is 13.4. The van der Waals surface area contributed by atoms with Crippen molar-refractivity contribution in [3.05, 3.63) is 33.8 Å². The third-order valence-electron chi connectivity index (χ3n) is 2.39. The number of ether oxygens (including phenoxy) is 1. The van der Waals surface area contributed by atoms with Crippen LogP contribution in [-0.2, 0) is 4.74 Å². The van der Waals surface area contributed by atoms with Crippen molar-refractivity contribution < 1.29 is 18.3 Å². The largest absolute Gasteiger partial charge is 0.383 e. The van der Waals surface area contributed by atoms with Gasteiger partial charge in [-0.05, 0) is 18.6 Å². The second-order valence-corrected chi connectivity index (χ2v) is 5.56. The van der Waals surface area contributed by atoms with Gasteiger partial charge in [-0.15, -0.1) is 0 Å². The molecule has 0 saturated carbocycles. The molecule has 0 aliphatic rings. The second kappa shape index (κ2) is 7.91. The van der Waals surface area contributed by atoms with Crippen LogP contribution >= 0.6 is 31.9 Å². The van der Waals surface area contributed by atoms with E-state index >= 15 is 0 Å². The minimum atomic E-state index is -0.903. The number of hydrogen-bond donors (Lipinski definition) is 1. The van der Waals surface area contributed by atoms with Gasteiger partial charge >= 0.3 is 0 Å². The van der Waals surface area contributed by atoms with Crippen LogP contribution < -0.4 is 5.32 Å². The van der Waals surface area contributed by atoms with Gasteiger partial charge in [-0.2, -0.15) is 0 Å². The number of carbonyl (C=O) groups excluding carboxylic acids is 1. The number of methoxy groups -OCH3 is 1. The van der Waals surface area contributed by atoms with Crippen molar-refractivity contribution >= 4 is 37.8 Å². The summed E-state index contributed by atoms with van der Waals surface area (Å²) in [5.41, 5.74) is -0.584. The van der Waals surface area contributed by atoms with E-state index in [2.05, 4.69) is 37.2 Å². The van der Waals surface area contributed by atoms with Gasteiger partial charge in [0.25, 0.3) is 5.91 Å². The Balaban J connectivity index is 2.88. The molecule has 7 heteroatoms. The van der Waals surface area contributed by atoms with Crippen molar-refractivity contribution in [2.75, 3.05) is 19.0 Å². The first-order valence-corrected chi connectivity index (χ1v) is 7.41. The maximum atomic E-state index is 13.6. The molecule has 1 aromatic carbocycles. The summed E-state index contributed by atoms with van der Waals surface area (Å²) in [5, 5.41) is 3.19. The van der Waals surface area contributed by atoms with E-state index in [-0.39, 0.29) is 17.1 Å². The molecule has 0 fully saturated rings. The van der Waals surface area contributed by atoms with Crippen molar-refractivity contribution in [3.63, 3.8) is 0 Å². The zero-order chi connectivity index (χ0) is 14.4. The molecule has 0 aliphatic carbocycles. The van der Waals surface area contributed by atoms with Gasteiger partial charge < -0.3 is 10.1 Å². The highest BCUT2D eigenvalue weighted by Gasteiger charge is 2.21. The van der Waals surface area contributed by atoms with Crippen LogP contribution in [0.4, 0.5) is 8.78 Å². The lowest BCUT2D eigenvalue weighted by Crippen LogP contribution is -2.39. The van der Waals surface area contributed by atoms with Gasteiger partial charge in [-0.1, -0.05) is 31.9 Å². The summed E-state index contributed by atoms with van der Waals surface area (Å²) in [7, 11) is 1.49. The molecule has 1 N–H and O–H groups in total. The van der Waals surface area contributed by atoms with Crippen LogP contribution in [0.2, 0.25) is 0 Å². The van der Waals surface area contributed by atoms with E-state index in [1.165, 1.54) is 7.11 Å². The van der Waals surface area contributed by atoms with Crippen molar-refractivity contribution in [3.8, 4) is 0 Å². The Morgan fingerprint density at radius 1 is 1.42 bits per heavy atom. The van der Waals surface area contributed by atoms with Crippen molar-refractivity contribution in [1.82, 2.24) is 5.32 Å². The molecule has 19 heavy (non-hydrogen) atoms. The van der Waals surface area contributed by atoms with Gasteiger partial charge in [-0.25, -0.2) is 8.78 Å². The molecule has 3 nitrogen and oxygen atoms in total. The molecule has 1 atom stereocenters. The van der Waals surface area contributed by atoms with E-state index in [1.54, 1.807) is 0 Å². The summed E-state index contributed by atoms with van der Waals surface area (Å²) < 4.78 is 32.4. The predicted molar refractivity (Wildman–Crippen MR) is 75.6 cm³/mol. The third-order valence-corrected chi connectivity index (χ3v) is 3.31. The molecule has 1 unspecified atom stereocenters. The second-order valence-electron chi connectivity index (χ2n) is 3.85. The first kappa shape index (κ1) is 16.5. The first-order chi connectivity index (χ1) is 8.99. The van der Waals surface area contributed by atoms with Crippen molar-refractivity contribution in [2.24, 2.45) is 0 Å². The Morgan fingerprint density at radius 2 is 2.00 bits per heavy atom. The van der Waals surface area contributed by atoms with Gasteiger partial charge in [0.2, 0.25) is 0 Å².